The van der Waals surface area contributed by atoms with Crippen molar-refractivity contribution in [2.24, 2.45) is 5.92 Å². The van der Waals surface area contributed by atoms with Crippen LogP contribution in [0.25, 0.3) is 0 Å². The van der Waals surface area contributed by atoms with Gasteiger partial charge in [-0.15, -0.1) is 0 Å². The summed E-state index contributed by atoms with van der Waals surface area (Å²) >= 11 is 0. The van der Waals surface area contributed by atoms with Crippen molar-refractivity contribution < 1.29 is 18.7 Å². The summed E-state index contributed by atoms with van der Waals surface area (Å²) < 4.78 is 18.2. The zero-order valence-electron chi connectivity index (χ0n) is 14.1. The van der Waals surface area contributed by atoms with E-state index in [1.165, 1.54) is 12.1 Å². The van der Waals surface area contributed by atoms with Gasteiger partial charge in [0.05, 0.1) is 12.5 Å². The lowest BCUT2D eigenvalue weighted by Crippen LogP contribution is -2.45. The second-order valence-electron chi connectivity index (χ2n) is 5.98. The smallest absolute Gasteiger partial charge is 0.224 e. The monoisotopic (exact) mass is 336 g/mol. The number of amides is 2. The molecule has 0 bridgehead atoms. The molecule has 0 aliphatic carbocycles. The second-order valence-corrected chi connectivity index (χ2v) is 5.98. The van der Waals surface area contributed by atoms with E-state index >= 15 is 0 Å². The molecule has 24 heavy (non-hydrogen) atoms. The molecule has 1 N–H and O–H groups in total. The fraction of sp³-hybridized carbons (Fsp3) is 0.556. The number of nitrogens with one attached hydrogen (secondary N) is 1. The molecule has 2 amide bonds. The van der Waals surface area contributed by atoms with Crippen LogP contribution in [0.3, 0.4) is 0 Å². The molecule has 1 aromatic rings. The number of rotatable bonds is 7. The molecule has 1 aromatic carbocycles. The summed E-state index contributed by atoms with van der Waals surface area (Å²) in [6.45, 7) is 4.09. The number of halogens is 1. The van der Waals surface area contributed by atoms with Gasteiger partial charge < -0.3 is 15.0 Å². The van der Waals surface area contributed by atoms with Crippen LogP contribution in [0, 0.1) is 11.7 Å². The highest BCUT2D eigenvalue weighted by atomic mass is 19.1. The molecule has 132 valence electrons. The molecule has 1 aliphatic heterocycles. The molecular formula is C18H25FN2O3. The molecule has 1 saturated heterocycles. The van der Waals surface area contributed by atoms with Gasteiger partial charge in [-0.25, -0.2) is 4.39 Å². The number of piperidine rings is 1. The molecule has 0 radical (unpaired) electrons. The van der Waals surface area contributed by atoms with Gasteiger partial charge in [0, 0.05) is 26.1 Å². The SMILES string of the molecule is CCC(=O)N1CCC[C@H](C(=O)NCCCOc2ccc(F)cc2)C1. The molecule has 1 atom stereocenters. The maximum absolute atomic E-state index is 12.8. The first-order valence-electron chi connectivity index (χ1n) is 8.54. The van der Waals surface area contributed by atoms with Gasteiger partial charge in [0.15, 0.2) is 0 Å². The van der Waals surface area contributed by atoms with Gasteiger partial charge >= 0.3 is 0 Å². The maximum Gasteiger partial charge on any atom is 0.224 e. The van der Waals surface area contributed by atoms with Crippen molar-refractivity contribution >= 4 is 11.8 Å². The Morgan fingerprint density at radius 3 is 2.79 bits per heavy atom. The summed E-state index contributed by atoms with van der Waals surface area (Å²) in [7, 11) is 0. The Bertz CT molecular complexity index is 548. The van der Waals surface area contributed by atoms with Crippen molar-refractivity contribution in [1.29, 1.82) is 0 Å². The van der Waals surface area contributed by atoms with Gasteiger partial charge in [0.25, 0.3) is 0 Å². The molecule has 0 saturated carbocycles. The van der Waals surface area contributed by atoms with E-state index in [9.17, 15) is 14.0 Å². The summed E-state index contributed by atoms with van der Waals surface area (Å²) in [5.41, 5.74) is 0. The van der Waals surface area contributed by atoms with Crippen LogP contribution in [0.2, 0.25) is 0 Å². The molecule has 1 heterocycles. The molecule has 0 spiro atoms. The lowest BCUT2D eigenvalue weighted by molar-refractivity contribution is -0.135. The Kier molecular flexibility index (Phi) is 7.03. The normalized spacial score (nSPS) is 17.4. The lowest BCUT2D eigenvalue weighted by atomic mass is 9.97. The van der Waals surface area contributed by atoms with Crippen molar-refractivity contribution in [2.45, 2.75) is 32.6 Å². The number of hydrogen-bond donors (Lipinski definition) is 1. The summed E-state index contributed by atoms with van der Waals surface area (Å²) in [5.74, 6) is 0.319. The molecule has 0 aromatic heterocycles. The molecule has 5 nitrogen and oxygen atoms in total. The van der Waals surface area contributed by atoms with Crippen LogP contribution in [-0.2, 0) is 9.59 Å². The molecular weight excluding hydrogens is 311 g/mol. The Hall–Kier alpha value is -2.11. The number of benzene rings is 1. The number of carbonyl (C=O) groups is 2. The first kappa shape index (κ1) is 18.2. The minimum atomic E-state index is -0.294. The van der Waals surface area contributed by atoms with Gasteiger partial charge in [-0.3, -0.25) is 9.59 Å². The van der Waals surface area contributed by atoms with Crippen molar-refractivity contribution in [3.63, 3.8) is 0 Å². The zero-order chi connectivity index (χ0) is 17.4. The first-order chi connectivity index (χ1) is 11.6. The number of hydrogen-bond acceptors (Lipinski definition) is 3. The third kappa shape index (κ3) is 5.51. The minimum absolute atomic E-state index is 0.00499. The van der Waals surface area contributed by atoms with Crippen molar-refractivity contribution in [3.05, 3.63) is 30.1 Å². The van der Waals surface area contributed by atoms with Crippen LogP contribution in [0.5, 0.6) is 5.75 Å². The Morgan fingerprint density at radius 2 is 2.08 bits per heavy atom. The van der Waals surface area contributed by atoms with E-state index in [0.717, 1.165) is 19.4 Å². The predicted octanol–water partition coefficient (Wildman–Crippen LogP) is 2.36. The van der Waals surface area contributed by atoms with Crippen LogP contribution in [-0.4, -0.2) is 43.0 Å². The van der Waals surface area contributed by atoms with E-state index in [2.05, 4.69) is 5.32 Å². The van der Waals surface area contributed by atoms with Crippen LogP contribution in [0.15, 0.2) is 24.3 Å². The van der Waals surface area contributed by atoms with Crippen LogP contribution in [0.4, 0.5) is 4.39 Å². The lowest BCUT2D eigenvalue weighted by Gasteiger charge is -2.31. The Morgan fingerprint density at radius 1 is 1.33 bits per heavy atom. The van der Waals surface area contributed by atoms with Crippen LogP contribution in [0.1, 0.15) is 32.6 Å². The highest BCUT2D eigenvalue weighted by molar-refractivity contribution is 5.81. The van der Waals surface area contributed by atoms with Gasteiger partial charge in [-0.2, -0.15) is 0 Å². The van der Waals surface area contributed by atoms with Gasteiger partial charge in [-0.1, -0.05) is 6.92 Å². The van der Waals surface area contributed by atoms with Crippen LogP contribution >= 0.6 is 0 Å². The van der Waals surface area contributed by atoms with E-state index in [0.29, 0.717) is 38.3 Å². The summed E-state index contributed by atoms with van der Waals surface area (Å²) in [5, 5.41) is 2.91. The third-order valence-corrected chi connectivity index (χ3v) is 4.15. The highest BCUT2D eigenvalue weighted by Crippen LogP contribution is 2.17. The highest BCUT2D eigenvalue weighted by Gasteiger charge is 2.27. The largest absolute Gasteiger partial charge is 0.494 e. The fourth-order valence-corrected chi connectivity index (χ4v) is 2.79. The van der Waals surface area contributed by atoms with E-state index in [-0.39, 0.29) is 23.5 Å². The van der Waals surface area contributed by atoms with E-state index in [1.807, 2.05) is 6.92 Å². The maximum atomic E-state index is 12.8. The van der Waals surface area contributed by atoms with Crippen molar-refractivity contribution in [3.8, 4) is 5.75 Å². The standard InChI is InChI=1S/C18H25FN2O3/c1-2-17(22)21-11-3-5-14(13-21)18(23)20-10-4-12-24-16-8-6-15(19)7-9-16/h6-9,14H,2-5,10-13H2,1H3,(H,20,23)/t14-/m0/s1. The topological polar surface area (TPSA) is 58.6 Å². The van der Waals surface area contributed by atoms with E-state index in [4.69, 9.17) is 4.74 Å². The zero-order valence-corrected chi connectivity index (χ0v) is 14.1. The summed E-state index contributed by atoms with van der Waals surface area (Å²) in [6, 6.07) is 5.86. The fourth-order valence-electron chi connectivity index (χ4n) is 2.79. The predicted molar refractivity (Wildman–Crippen MR) is 89.1 cm³/mol. The van der Waals surface area contributed by atoms with Gasteiger partial charge in [-0.05, 0) is 43.5 Å². The third-order valence-electron chi connectivity index (χ3n) is 4.15. The van der Waals surface area contributed by atoms with Gasteiger partial charge in [0.2, 0.25) is 11.8 Å². The van der Waals surface area contributed by atoms with Gasteiger partial charge in [0.1, 0.15) is 11.6 Å². The van der Waals surface area contributed by atoms with Crippen molar-refractivity contribution in [1.82, 2.24) is 10.2 Å². The van der Waals surface area contributed by atoms with E-state index in [1.54, 1.807) is 17.0 Å². The minimum Gasteiger partial charge on any atom is -0.494 e. The number of carbonyl (C=O) groups excluding carboxylic acids is 2. The quantitative estimate of drug-likeness (QED) is 0.778. The first-order valence-corrected chi connectivity index (χ1v) is 8.54. The van der Waals surface area contributed by atoms with E-state index < -0.39 is 0 Å². The second kappa shape index (κ2) is 9.25. The number of ether oxygens (including phenoxy) is 1. The molecule has 1 fully saturated rings. The van der Waals surface area contributed by atoms with Crippen LogP contribution < -0.4 is 10.1 Å². The summed E-state index contributed by atoms with van der Waals surface area (Å²) in [6.07, 6.45) is 2.85. The Balaban J connectivity index is 1.64. The number of nitrogens with zero attached hydrogens (tertiary/aromatic N) is 1. The van der Waals surface area contributed by atoms with Crippen molar-refractivity contribution in [2.75, 3.05) is 26.2 Å². The molecule has 1 aliphatic rings. The summed E-state index contributed by atoms with van der Waals surface area (Å²) in [4.78, 5) is 25.7. The molecule has 0 unspecified atom stereocenters. The average Bonchev–Trinajstić information content (AvgIpc) is 2.62. The average molecular weight is 336 g/mol. The number of likely N-dealkylation sites (tertiary alicyclic amines) is 1. The molecule has 2 rings (SSSR count). The Labute approximate surface area is 142 Å². The molecule has 6 heteroatoms.